The third kappa shape index (κ3) is 26.8. The van der Waals surface area contributed by atoms with Gasteiger partial charge >= 0.3 is 5.97 Å². The molecule has 0 rings (SSSR count). The molecule has 0 aliphatic heterocycles. The number of rotatable bonds is 30. The summed E-state index contributed by atoms with van der Waals surface area (Å²) in [5.74, 6) is 0.683. The molecule has 0 spiro atoms. The molecule has 2 unspecified atom stereocenters. The summed E-state index contributed by atoms with van der Waals surface area (Å²) in [5, 5.41) is 0. The van der Waals surface area contributed by atoms with Crippen LogP contribution in [0.15, 0.2) is 0 Å². The fourth-order valence-electron chi connectivity index (χ4n) is 5.49. The zero-order valence-corrected chi connectivity index (χ0v) is 26.3. The van der Waals surface area contributed by atoms with E-state index >= 15 is 0 Å². The van der Waals surface area contributed by atoms with Crippen LogP contribution < -0.4 is 0 Å². The van der Waals surface area contributed by atoms with Crippen LogP contribution in [0.2, 0.25) is 0 Å². The summed E-state index contributed by atoms with van der Waals surface area (Å²) in [6, 6.07) is 0. The van der Waals surface area contributed by atoms with E-state index in [0.29, 0.717) is 12.5 Å². The van der Waals surface area contributed by atoms with Gasteiger partial charge in [-0.2, -0.15) is 0 Å². The van der Waals surface area contributed by atoms with Crippen LogP contribution in [0.5, 0.6) is 0 Å². The Hall–Kier alpha value is -0.530. The molecule has 0 radical (unpaired) electrons. The van der Waals surface area contributed by atoms with Gasteiger partial charge in [0.1, 0.15) is 0 Å². The van der Waals surface area contributed by atoms with Gasteiger partial charge in [0.05, 0.1) is 12.5 Å². The minimum absolute atomic E-state index is 0.0515. The zero-order chi connectivity index (χ0) is 27.2. The maximum absolute atomic E-state index is 12.6. The van der Waals surface area contributed by atoms with Crippen molar-refractivity contribution in [3.63, 3.8) is 0 Å². The second-order valence-electron chi connectivity index (χ2n) is 12.2. The van der Waals surface area contributed by atoms with E-state index in [1.807, 2.05) is 0 Å². The lowest BCUT2D eigenvalue weighted by molar-refractivity contribution is -0.149. The van der Waals surface area contributed by atoms with Crippen LogP contribution in [0.1, 0.15) is 201 Å². The van der Waals surface area contributed by atoms with Crippen molar-refractivity contribution in [1.82, 2.24) is 0 Å². The molecular weight excluding hydrogens is 452 g/mol. The number of ether oxygens (including phenoxy) is 1. The highest BCUT2D eigenvalue weighted by atomic mass is 16.5. The monoisotopic (exact) mass is 523 g/mol. The van der Waals surface area contributed by atoms with Crippen LogP contribution in [-0.4, -0.2) is 12.6 Å². The molecular formula is C35H70O2. The van der Waals surface area contributed by atoms with E-state index in [1.165, 1.54) is 161 Å². The predicted octanol–water partition coefficient (Wildman–Crippen LogP) is 12.4. The average Bonchev–Trinajstić information content (AvgIpc) is 2.90. The summed E-state index contributed by atoms with van der Waals surface area (Å²) >= 11 is 0. The smallest absolute Gasteiger partial charge is 0.308 e. The molecule has 0 amide bonds. The molecule has 0 aromatic rings. The largest absolute Gasteiger partial charge is 0.465 e. The van der Waals surface area contributed by atoms with Crippen molar-refractivity contribution >= 4 is 5.97 Å². The first-order chi connectivity index (χ1) is 18.2. The number of carbonyl (C=O) groups excluding carboxylic acids is 1. The minimum atomic E-state index is 0.0515. The first-order valence-electron chi connectivity index (χ1n) is 17.3. The van der Waals surface area contributed by atoms with Gasteiger partial charge in [-0.1, -0.05) is 182 Å². The highest BCUT2D eigenvalue weighted by Gasteiger charge is 2.17. The maximum atomic E-state index is 12.6. The van der Waals surface area contributed by atoms with Crippen molar-refractivity contribution in [1.29, 1.82) is 0 Å². The summed E-state index contributed by atoms with van der Waals surface area (Å²) in [6.45, 7) is 9.56. The molecule has 0 aliphatic rings. The van der Waals surface area contributed by atoms with Crippen LogP contribution >= 0.6 is 0 Å². The van der Waals surface area contributed by atoms with E-state index in [1.54, 1.807) is 0 Å². The summed E-state index contributed by atoms with van der Waals surface area (Å²) in [6.07, 6.45) is 36.1. The van der Waals surface area contributed by atoms with Crippen molar-refractivity contribution in [3.05, 3.63) is 0 Å². The van der Waals surface area contributed by atoms with Crippen LogP contribution in [0.4, 0.5) is 0 Å². The molecule has 0 aromatic heterocycles. The van der Waals surface area contributed by atoms with Crippen LogP contribution in [0.25, 0.3) is 0 Å². The second-order valence-corrected chi connectivity index (χ2v) is 12.2. The Labute approximate surface area is 234 Å². The number of unbranched alkanes of at least 4 members (excludes halogenated alkanes) is 21. The molecule has 0 saturated carbocycles. The molecule has 2 atom stereocenters. The standard InChI is InChI=1S/C35H70O2/c1-5-8-11-14-16-18-20-22-25-28-31-34(30-27-24-21-19-17-15-12-9-6-2)32-37-35(36)33(4)29-26-23-13-10-7-3/h33-34H,5-32H2,1-4H3. The lowest BCUT2D eigenvalue weighted by Crippen LogP contribution is -2.20. The molecule has 0 N–H and O–H groups in total. The Morgan fingerprint density at radius 1 is 0.459 bits per heavy atom. The number of carbonyl (C=O) groups is 1. The van der Waals surface area contributed by atoms with E-state index in [0.717, 1.165) is 12.8 Å². The van der Waals surface area contributed by atoms with Crippen molar-refractivity contribution < 1.29 is 9.53 Å². The Bertz CT molecular complexity index is 447. The van der Waals surface area contributed by atoms with E-state index in [2.05, 4.69) is 27.7 Å². The Balaban J connectivity index is 4.15. The van der Waals surface area contributed by atoms with Crippen LogP contribution in [0, 0.1) is 11.8 Å². The van der Waals surface area contributed by atoms with Crippen molar-refractivity contribution in [3.8, 4) is 0 Å². The van der Waals surface area contributed by atoms with Gasteiger partial charge in [0, 0.05) is 0 Å². The van der Waals surface area contributed by atoms with Crippen LogP contribution in [-0.2, 0) is 9.53 Å². The third-order valence-electron chi connectivity index (χ3n) is 8.29. The van der Waals surface area contributed by atoms with Gasteiger partial charge in [-0.15, -0.1) is 0 Å². The molecule has 2 nitrogen and oxygen atoms in total. The van der Waals surface area contributed by atoms with Gasteiger partial charge in [-0.3, -0.25) is 4.79 Å². The Kier molecular flexibility index (Phi) is 29.6. The van der Waals surface area contributed by atoms with Gasteiger partial charge in [0.25, 0.3) is 0 Å². The van der Waals surface area contributed by atoms with E-state index < -0.39 is 0 Å². The Morgan fingerprint density at radius 3 is 1.11 bits per heavy atom. The van der Waals surface area contributed by atoms with Crippen molar-refractivity contribution in [2.24, 2.45) is 11.8 Å². The quantitative estimate of drug-likeness (QED) is 0.0692. The van der Waals surface area contributed by atoms with E-state index in [9.17, 15) is 4.79 Å². The van der Waals surface area contributed by atoms with E-state index in [-0.39, 0.29) is 11.9 Å². The fraction of sp³-hybridized carbons (Fsp3) is 0.971. The first-order valence-corrected chi connectivity index (χ1v) is 17.3. The second kappa shape index (κ2) is 30.0. The fourth-order valence-corrected chi connectivity index (χ4v) is 5.49. The lowest BCUT2D eigenvalue weighted by atomic mass is 9.94. The molecule has 0 fully saturated rings. The molecule has 0 heterocycles. The Morgan fingerprint density at radius 2 is 0.757 bits per heavy atom. The van der Waals surface area contributed by atoms with Gasteiger partial charge in [-0.05, 0) is 25.2 Å². The normalized spacial score (nSPS) is 13.1. The maximum Gasteiger partial charge on any atom is 0.308 e. The van der Waals surface area contributed by atoms with Gasteiger partial charge in [0.15, 0.2) is 0 Å². The minimum Gasteiger partial charge on any atom is -0.465 e. The lowest BCUT2D eigenvalue weighted by Gasteiger charge is -2.19. The van der Waals surface area contributed by atoms with E-state index in [4.69, 9.17) is 4.74 Å². The highest BCUT2D eigenvalue weighted by Crippen LogP contribution is 2.21. The molecule has 2 heteroatoms. The third-order valence-corrected chi connectivity index (χ3v) is 8.29. The van der Waals surface area contributed by atoms with Gasteiger partial charge < -0.3 is 4.74 Å². The summed E-state index contributed by atoms with van der Waals surface area (Å²) in [5.41, 5.74) is 0. The number of hydrogen-bond acceptors (Lipinski definition) is 2. The summed E-state index contributed by atoms with van der Waals surface area (Å²) in [4.78, 5) is 12.6. The molecule has 37 heavy (non-hydrogen) atoms. The summed E-state index contributed by atoms with van der Waals surface area (Å²) in [7, 11) is 0. The van der Waals surface area contributed by atoms with Gasteiger partial charge in [-0.25, -0.2) is 0 Å². The SMILES string of the molecule is CCCCCCCCCCCCC(CCCCCCCCCCC)COC(=O)C(C)CCCCCCC. The summed E-state index contributed by atoms with van der Waals surface area (Å²) < 4.78 is 5.88. The van der Waals surface area contributed by atoms with Crippen molar-refractivity contribution in [2.45, 2.75) is 201 Å². The average molecular weight is 523 g/mol. The highest BCUT2D eigenvalue weighted by molar-refractivity contribution is 5.71. The van der Waals surface area contributed by atoms with Crippen LogP contribution in [0.3, 0.4) is 0 Å². The first kappa shape index (κ1) is 36.5. The van der Waals surface area contributed by atoms with Crippen molar-refractivity contribution in [2.75, 3.05) is 6.61 Å². The molecule has 0 bridgehead atoms. The molecule has 0 saturated heterocycles. The molecule has 0 aromatic carbocycles. The topological polar surface area (TPSA) is 26.3 Å². The number of hydrogen-bond donors (Lipinski definition) is 0. The predicted molar refractivity (Wildman–Crippen MR) is 165 cm³/mol. The zero-order valence-electron chi connectivity index (χ0n) is 26.3. The molecule has 222 valence electrons. The number of esters is 1. The molecule has 0 aliphatic carbocycles. The van der Waals surface area contributed by atoms with Gasteiger partial charge in [0.2, 0.25) is 0 Å².